The second-order valence-corrected chi connectivity index (χ2v) is 7.61. The van der Waals surface area contributed by atoms with Crippen LogP contribution < -0.4 is 10.1 Å². The summed E-state index contributed by atoms with van der Waals surface area (Å²) in [6, 6.07) is 11.9. The number of amides is 1. The van der Waals surface area contributed by atoms with E-state index in [1.165, 1.54) is 32.4 Å². The average molecular weight is 588 g/mol. The van der Waals surface area contributed by atoms with Crippen LogP contribution in [-0.4, -0.2) is 26.1 Å². The van der Waals surface area contributed by atoms with E-state index in [9.17, 15) is 14.9 Å². The molecule has 138 valence electrons. The molecular formula is C19H14I2N2O4. The molecule has 0 bridgehead atoms. The van der Waals surface area contributed by atoms with Gasteiger partial charge < -0.3 is 14.8 Å². The molecule has 6 nitrogen and oxygen atoms in total. The van der Waals surface area contributed by atoms with Crippen LogP contribution >= 0.6 is 45.2 Å². The Morgan fingerprint density at radius 3 is 2.37 bits per heavy atom. The van der Waals surface area contributed by atoms with Gasteiger partial charge in [-0.1, -0.05) is 0 Å². The smallest absolute Gasteiger partial charge is 0.337 e. The normalized spacial score (nSPS) is 10.7. The van der Waals surface area contributed by atoms with Gasteiger partial charge in [0.15, 0.2) is 0 Å². The van der Waals surface area contributed by atoms with Crippen LogP contribution in [0.25, 0.3) is 6.08 Å². The number of carbonyl (C=O) groups is 2. The number of benzene rings is 2. The van der Waals surface area contributed by atoms with Gasteiger partial charge in [0.05, 0.1) is 23.4 Å². The van der Waals surface area contributed by atoms with Crippen LogP contribution in [0.3, 0.4) is 0 Å². The number of nitriles is 1. The minimum absolute atomic E-state index is 0.0665. The Hall–Kier alpha value is -2.13. The molecule has 0 heterocycles. The third-order valence-corrected chi connectivity index (χ3v) is 4.89. The van der Waals surface area contributed by atoms with Crippen molar-refractivity contribution in [3.05, 3.63) is 60.2 Å². The SMILES string of the molecule is COC(=O)c1ccc(NC(=O)/C(C#N)=C/c2cc(I)cc(I)c2OC)cc1. The van der Waals surface area contributed by atoms with Gasteiger partial charge in [0.25, 0.3) is 5.91 Å². The third-order valence-electron chi connectivity index (χ3n) is 3.47. The zero-order chi connectivity index (χ0) is 20.0. The van der Waals surface area contributed by atoms with Crippen LogP contribution in [0.15, 0.2) is 42.0 Å². The first-order valence-corrected chi connectivity index (χ1v) is 9.70. The fraction of sp³-hybridized carbons (Fsp3) is 0.105. The molecule has 0 radical (unpaired) electrons. The molecule has 2 aromatic carbocycles. The van der Waals surface area contributed by atoms with Gasteiger partial charge in [0.2, 0.25) is 0 Å². The fourth-order valence-corrected chi connectivity index (χ4v) is 4.32. The molecule has 0 aliphatic heterocycles. The largest absolute Gasteiger partial charge is 0.495 e. The number of nitrogens with zero attached hydrogens (tertiary/aromatic N) is 1. The van der Waals surface area contributed by atoms with Gasteiger partial charge in [-0.2, -0.15) is 5.26 Å². The molecule has 0 fully saturated rings. The summed E-state index contributed by atoms with van der Waals surface area (Å²) >= 11 is 4.30. The standard InChI is InChI=1S/C19H14I2N2O4/c1-26-17-12(8-14(20)9-16(17)21)7-13(10-22)18(24)23-15-5-3-11(4-6-15)19(25)27-2/h3-9H,1-2H3,(H,23,24)/b13-7+. The van der Waals surface area contributed by atoms with Crippen molar-refractivity contribution in [1.29, 1.82) is 5.26 Å². The summed E-state index contributed by atoms with van der Waals surface area (Å²) in [5.41, 5.74) is 1.40. The minimum Gasteiger partial charge on any atom is -0.495 e. The van der Waals surface area contributed by atoms with E-state index in [-0.39, 0.29) is 5.57 Å². The quantitative estimate of drug-likeness (QED) is 0.245. The number of halogens is 2. The predicted octanol–water partition coefficient (Wildman–Crippen LogP) is 4.24. The van der Waals surface area contributed by atoms with Crippen molar-refractivity contribution in [2.45, 2.75) is 0 Å². The molecule has 0 atom stereocenters. The maximum Gasteiger partial charge on any atom is 0.337 e. The van der Waals surface area contributed by atoms with Crippen LogP contribution in [0.5, 0.6) is 5.75 Å². The van der Waals surface area contributed by atoms with Gasteiger partial charge in [0, 0.05) is 14.8 Å². The maximum atomic E-state index is 12.5. The summed E-state index contributed by atoms with van der Waals surface area (Å²) in [6.45, 7) is 0. The Labute approximate surface area is 183 Å². The monoisotopic (exact) mass is 588 g/mol. The van der Waals surface area contributed by atoms with E-state index in [0.717, 1.165) is 7.14 Å². The number of carbonyl (C=O) groups excluding carboxylic acids is 2. The molecule has 2 aromatic rings. The van der Waals surface area contributed by atoms with E-state index < -0.39 is 11.9 Å². The highest BCUT2D eigenvalue weighted by atomic mass is 127. The molecule has 0 aliphatic rings. The number of anilines is 1. The van der Waals surface area contributed by atoms with Crippen LogP contribution in [0.2, 0.25) is 0 Å². The molecule has 2 rings (SSSR count). The summed E-state index contributed by atoms with van der Waals surface area (Å²) in [4.78, 5) is 23.9. The molecule has 0 aliphatic carbocycles. The fourth-order valence-electron chi connectivity index (χ4n) is 2.21. The van der Waals surface area contributed by atoms with Crippen molar-refractivity contribution in [3.8, 4) is 11.8 Å². The van der Waals surface area contributed by atoms with Gasteiger partial charge in [-0.25, -0.2) is 4.79 Å². The van der Waals surface area contributed by atoms with Gasteiger partial charge in [-0.3, -0.25) is 4.79 Å². The molecule has 0 unspecified atom stereocenters. The lowest BCUT2D eigenvalue weighted by Gasteiger charge is -2.09. The molecule has 1 amide bonds. The second kappa shape index (κ2) is 9.70. The zero-order valence-electron chi connectivity index (χ0n) is 14.4. The van der Waals surface area contributed by atoms with Crippen molar-refractivity contribution in [2.24, 2.45) is 0 Å². The Bertz CT molecular complexity index is 947. The Balaban J connectivity index is 2.28. The lowest BCUT2D eigenvalue weighted by molar-refractivity contribution is -0.112. The predicted molar refractivity (Wildman–Crippen MR) is 118 cm³/mol. The Kier molecular flexibility index (Phi) is 7.61. The number of nitrogens with one attached hydrogen (secondary N) is 1. The van der Waals surface area contributed by atoms with E-state index >= 15 is 0 Å². The van der Waals surface area contributed by atoms with E-state index in [1.807, 2.05) is 18.2 Å². The average Bonchev–Trinajstić information content (AvgIpc) is 2.65. The molecule has 0 spiro atoms. The molecule has 1 N–H and O–H groups in total. The topological polar surface area (TPSA) is 88.4 Å². The zero-order valence-corrected chi connectivity index (χ0v) is 18.7. The number of hydrogen-bond acceptors (Lipinski definition) is 5. The van der Waals surface area contributed by atoms with Crippen molar-refractivity contribution < 1.29 is 19.1 Å². The molecule has 8 heteroatoms. The number of methoxy groups -OCH3 is 2. The molecule has 0 saturated heterocycles. The van der Waals surface area contributed by atoms with E-state index in [4.69, 9.17) is 4.74 Å². The van der Waals surface area contributed by atoms with Gasteiger partial charge in [-0.15, -0.1) is 0 Å². The van der Waals surface area contributed by atoms with Gasteiger partial charge in [-0.05, 0) is 87.7 Å². The van der Waals surface area contributed by atoms with Crippen LogP contribution in [0, 0.1) is 18.5 Å². The maximum absolute atomic E-state index is 12.5. The number of ether oxygens (including phenoxy) is 2. The Morgan fingerprint density at radius 1 is 1.15 bits per heavy atom. The van der Waals surface area contributed by atoms with Crippen molar-refractivity contribution in [1.82, 2.24) is 0 Å². The number of hydrogen-bond donors (Lipinski definition) is 1. The van der Waals surface area contributed by atoms with E-state index in [2.05, 4.69) is 55.2 Å². The van der Waals surface area contributed by atoms with Crippen molar-refractivity contribution in [3.63, 3.8) is 0 Å². The summed E-state index contributed by atoms with van der Waals surface area (Å²) in [7, 11) is 2.83. The molecular weight excluding hydrogens is 574 g/mol. The second-order valence-electron chi connectivity index (χ2n) is 5.20. The van der Waals surface area contributed by atoms with Crippen molar-refractivity contribution in [2.75, 3.05) is 19.5 Å². The molecule has 0 aromatic heterocycles. The molecule has 0 saturated carbocycles. The summed E-state index contributed by atoms with van der Waals surface area (Å²) in [5, 5.41) is 12.0. The lowest BCUT2D eigenvalue weighted by atomic mass is 10.1. The van der Waals surface area contributed by atoms with Crippen molar-refractivity contribution >= 4 is 68.8 Å². The lowest BCUT2D eigenvalue weighted by Crippen LogP contribution is -2.13. The first kappa shape index (κ1) is 21.2. The highest BCUT2D eigenvalue weighted by Crippen LogP contribution is 2.30. The highest BCUT2D eigenvalue weighted by Gasteiger charge is 2.14. The van der Waals surface area contributed by atoms with E-state index in [1.54, 1.807) is 12.1 Å². The summed E-state index contributed by atoms with van der Waals surface area (Å²) in [5.74, 6) is -0.427. The van der Waals surface area contributed by atoms with E-state index in [0.29, 0.717) is 22.6 Å². The van der Waals surface area contributed by atoms with Gasteiger partial charge in [0.1, 0.15) is 17.4 Å². The first-order valence-electron chi connectivity index (χ1n) is 7.54. The van der Waals surface area contributed by atoms with Crippen LogP contribution in [0.4, 0.5) is 5.69 Å². The highest BCUT2D eigenvalue weighted by molar-refractivity contribution is 14.1. The Morgan fingerprint density at radius 2 is 1.81 bits per heavy atom. The summed E-state index contributed by atoms with van der Waals surface area (Å²) in [6.07, 6.45) is 1.49. The van der Waals surface area contributed by atoms with Crippen LogP contribution in [0.1, 0.15) is 15.9 Å². The number of esters is 1. The van der Waals surface area contributed by atoms with Gasteiger partial charge >= 0.3 is 5.97 Å². The third kappa shape index (κ3) is 5.43. The molecule has 27 heavy (non-hydrogen) atoms. The minimum atomic E-state index is -0.556. The van der Waals surface area contributed by atoms with Crippen LogP contribution in [-0.2, 0) is 9.53 Å². The first-order chi connectivity index (χ1) is 12.9. The number of rotatable bonds is 5. The summed E-state index contributed by atoms with van der Waals surface area (Å²) < 4.78 is 11.8.